The van der Waals surface area contributed by atoms with Crippen LogP contribution < -0.4 is 16.8 Å². The fourth-order valence-electron chi connectivity index (χ4n) is 2.41. The molecule has 0 saturated heterocycles. The Morgan fingerprint density at radius 2 is 1.56 bits per heavy atom. The molecule has 0 radical (unpaired) electrons. The van der Waals surface area contributed by atoms with Gasteiger partial charge < -0.3 is 31.3 Å². The molecule has 3 atom stereocenters. The molecule has 0 fully saturated rings. The van der Waals surface area contributed by atoms with Gasteiger partial charge in [-0.15, -0.1) is 0 Å². The van der Waals surface area contributed by atoms with Crippen LogP contribution in [0.5, 0.6) is 0 Å². The van der Waals surface area contributed by atoms with Gasteiger partial charge in [-0.3, -0.25) is 4.57 Å². The van der Waals surface area contributed by atoms with Crippen LogP contribution in [0.3, 0.4) is 0 Å². The topological polar surface area (TPSA) is 152 Å². The van der Waals surface area contributed by atoms with Crippen LogP contribution in [0, 0.1) is 0 Å². The first-order valence-corrected chi connectivity index (χ1v) is 10.6. The van der Waals surface area contributed by atoms with E-state index >= 15 is 0 Å². The lowest BCUT2D eigenvalue weighted by Crippen LogP contribution is -2.37. The number of nitrogens with two attached hydrogens (primary N) is 1. The van der Waals surface area contributed by atoms with Gasteiger partial charge in [0.1, 0.15) is 0 Å². The molecule has 0 heterocycles. The zero-order valence-corrected chi connectivity index (χ0v) is 16.8. The summed E-state index contributed by atoms with van der Waals surface area (Å²) < 4.78 is 14.6. The summed E-state index contributed by atoms with van der Waals surface area (Å²) in [6, 6.07) is -0.886. The average molecular weight is 382 g/mol. The summed E-state index contributed by atoms with van der Waals surface area (Å²) in [6.45, 7) is 1.79. The van der Waals surface area contributed by atoms with Gasteiger partial charge in [0.05, 0.1) is 18.8 Å². The maximum atomic E-state index is 10.4. The number of quaternary nitrogens is 1. The molecular formula is C17H39N2O5P. The molecule has 0 saturated carbocycles. The number of phosphoric acid groups is 1. The highest BCUT2D eigenvalue weighted by molar-refractivity contribution is 7.44. The van der Waals surface area contributed by atoms with E-state index in [1.165, 1.54) is 57.8 Å². The lowest BCUT2D eigenvalue weighted by atomic mass is 10.1. The molecule has 0 rings (SSSR count). The number of hydrogen-bond donors (Lipinski definition) is 4. The van der Waals surface area contributed by atoms with Crippen LogP contribution in [0.15, 0.2) is 12.2 Å². The van der Waals surface area contributed by atoms with Gasteiger partial charge in [0, 0.05) is 0 Å². The second-order valence-electron chi connectivity index (χ2n) is 6.32. The molecule has 0 aliphatic carbocycles. The van der Waals surface area contributed by atoms with Gasteiger partial charge in [-0.25, -0.2) is 0 Å². The molecule has 0 aromatic heterocycles. The molecule has 0 aromatic carbocycles. The van der Waals surface area contributed by atoms with E-state index < -0.39 is 26.6 Å². The molecule has 8 N–H and O–H groups in total. The van der Waals surface area contributed by atoms with Crippen molar-refractivity contribution in [2.45, 2.75) is 89.7 Å². The Morgan fingerprint density at radius 3 is 2.04 bits per heavy atom. The summed E-state index contributed by atoms with van der Waals surface area (Å²) in [4.78, 5) is 18.9. The Kier molecular flexibility index (Phi) is 18.5. The van der Waals surface area contributed by atoms with Crippen LogP contribution >= 0.6 is 7.82 Å². The Labute approximate surface area is 152 Å². The van der Waals surface area contributed by atoms with Crippen molar-refractivity contribution in [3.05, 3.63) is 12.2 Å². The molecule has 0 bridgehead atoms. The number of rotatable bonds is 16. The largest absolute Gasteiger partial charge is 0.756 e. The molecule has 0 spiro atoms. The highest BCUT2D eigenvalue weighted by Gasteiger charge is 2.14. The number of phosphoric ester groups is 1. The van der Waals surface area contributed by atoms with Crippen LogP contribution in [-0.4, -0.2) is 28.8 Å². The first kappa shape index (κ1) is 27.0. The van der Waals surface area contributed by atoms with E-state index in [0.717, 1.165) is 12.8 Å². The average Bonchev–Trinajstić information content (AvgIpc) is 2.52. The van der Waals surface area contributed by atoms with E-state index in [1.807, 2.05) is 6.08 Å². The van der Waals surface area contributed by atoms with Crippen molar-refractivity contribution in [1.29, 1.82) is 0 Å². The minimum absolute atomic E-state index is 0. The summed E-state index contributed by atoms with van der Waals surface area (Å²) in [6.07, 6.45) is 16.1. The zero-order valence-electron chi connectivity index (χ0n) is 15.9. The molecule has 1 unspecified atom stereocenters. The SMILES string of the molecule is CCCCCCCCCCCC/C=C/[C@@H](O)[C@@H](N)COP(=O)([O-])O.[NH4+]. The number of allylic oxidation sites excluding steroid dienone is 1. The van der Waals surface area contributed by atoms with Crippen LogP contribution in [0.1, 0.15) is 77.6 Å². The van der Waals surface area contributed by atoms with Gasteiger partial charge >= 0.3 is 0 Å². The second kappa shape index (κ2) is 17.2. The van der Waals surface area contributed by atoms with Gasteiger partial charge in [-0.2, -0.15) is 0 Å². The summed E-state index contributed by atoms with van der Waals surface area (Å²) in [5.74, 6) is 0. The highest BCUT2D eigenvalue weighted by atomic mass is 31.2. The summed E-state index contributed by atoms with van der Waals surface area (Å²) in [5.41, 5.74) is 5.57. The fourth-order valence-corrected chi connectivity index (χ4v) is 2.77. The monoisotopic (exact) mass is 382 g/mol. The first-order chi connectivity index (χ1) is 11.4. The van der Waals surface area contributed by atoms with Crippen molar-refractivity contribution in [1.82, 2.24) is 6.15 Å². The molecule has 0 amide bonds. The van der Waals surface area contributed by atoms with Crippen molar-refractivity contribution in [2.24, 2.45) is 5.73 Å². The normalized spacial score (nSPS) is 16.4. The molecule has 8 heteroatoms. The van der Waals surface area contributed by atoms with E-state index in [9.17, 15) is 14.6 Å². The molecule has 0 aliphatic rings. The van der Waals surface area contributed by atoms with E-state index in [-0.39, 0.29) is 6.15 Å². The van der Waals surface area contributed by atoms with Crippen molar-refractivity contribution in [3.8, 4) is 0 Å². The number of hydrogen-bond acceptors (Lipinski definition) is 5. The number of unbranched alkanes of at least 4 members (excludes halogenated alkanes) is 10. The molecule has 25 heavy (non-hydrogen) atoms. The third-order valence-corrected chi connectivity index (χ3v) is 4.40. The maximum absolute atomic E-state index is 10.4. The molecule has 7 nitrogen and oxygen atoms in total. The zero-order chi connectivity index (χ0) is 18.3. The molecule has 152 valence electrons. The van der Waals surface area contributed by atoms with Crippen LogP contribution in [0.4, 0.5) is 0 Å². The lowest BCUT2D eigenvalue weighted by Gasteiger charge is -2.20. The van der Waals surface area contributed by atoms with E-state index in [4.69, 9.17) is 10.6 Å². The Balaban J connectivity index is 0. The van der Waals surface area contributed by atoms with Gasteiger partial charge in [-0.05, 0) is 12.8 Å². The van der Waals surface area contributed by atoms with Gasteiger partial charge in [0.15, 0.2) is 0 Å². The smallest absolute Gasteiger partial charge is 0.265 e. The molecule has 0 aromatic rings. The van der Waals surface area contributed by atoms with Crippen molar-refractivity contribution in [3.63, 3.8) is 0 Å². The predicted molar refractivity (Wildman–Crippen MR) is 101 cm³/mol. The van der Waals surface area contributed by atoms with Crippen molar-refractivity contribution in [2.75, 3.05) is 6.61 Å². The predicted octanol–water partition coefficient (Wildman–Crippen LogP) is 3.40. The van der Waals surface area contributed by atoms with Crippen LogP contribution in [0.25, 0.3) is 0 Å². The van der Waals surface area contributed by atoms with Crippen molar-refractivity contribution < 1.29 is 24.0 Å². The van der Waals surface area contributed by atoms with E-state index in [0.29, 0.717) is 0 Å². The molecule has 0 aliphatic heterocycles. The second-order valence-corrected chi connectivity index (χ2v) is 7.51. The third-order valence-electron chi connectivity index (χ3n) is 3.93. The van der Waals surface area contributed by atoms with Gasteiger partial charge in [-0.1, -0.05) is 76.9 Å². The minimum atomic E-state index is -4.78. The van der Waals surface area contributed by atoms with Crippen LogP contribution in [0.2, 0.25) is 0 Å². The molecular weight excluding hydrogens is 343 g/mol. The van der Waals surface area contributed by atoms with Gasteiger partial charge in [0.25, 0.3) is 7.82 Å². The third kappa shape index (κ3) is 19.9. The Morgan fingerprint density at radius 1 is 1.08 bits per heavy atom. The van der Waals surface area contributed by atoms with Crippen LogP contribution in [-0.2, 0) is 9.09 Å². The quantitative estimate of drug-likeness (QED) is 0.182. The van der Waals surface area contributed by atoms with Crippen molar-refractivity contribution >= 4 is 7.82 Å². The number of aliphatic hydroxyl groups is 1. The standard InChI is InChI=1S/C17H36NO5P.H3N/c1-2-3-4-5-6-7-8-9-10-11-12-13-14-17(19)16(18)15-23-24(20,21)22;/h13-14,16-17,19H,2-12,15,18H2,1H3,(H2,20,21,22);1H3/b14-13+;/t16-,17+;/m0./s1. The highest BCUT2D eigenvalue weighted by Crippen LogP contribution is 2.30. The number of aliphatic hydroxyl groups excluding tert-OH is 1. The summed E-state index contributed by atoms with van der Waals surface area (Å²) in [7, 11) is -4.78. The minimum Gasteiger partial charge on any atom is -0.756 e. The van der Waals surface area contributed by atoms with E-state index in [2.05, 4.69) is 11.4 Å². The fraction of sp³-hybridized carbons (Fsp3) is 0.882. The summed E-state index contributed by atoms with van der Waals surface area (Å²) >= 11 is 0. The first-order valence-electron chi connectivity index (χ1n) is 9.15. The van der Waals surface area contributed by atoms with E-state index in [1.54, 1.807) is 6.08 Å². The lowest BCUT2D eigenvalue weighted by molar-refractivity contribution is -0.220. The van der Waals surface area contributed by atoms with Gasteiger partial charge in [0.2, 0.25) is 0 Å². The Bertz CT molecular complexity index is 363. The Hall–Kier alpha value is -0.270. The maximum Gasteiger partial charge on any atom is 0.265 e. The summed E-state index contributed by atoms with van der Waals surface area (Å²) in [5, 5.41) is 9.71.